The van der Waals surface area contributed by atoms with Crippen molar-refractivity contribution in [1.29, 1.82) is 5.26 Å². The molecule has 5 aromatic rings. The van der Waals surface area contributed by atoms with Crippen molar-refractivity contribution in [2.45, 2.75) is 20.1 Å². The molecule has 0 aromatic heterocycles. The molecular weight excluding hydrogens is 532 g/mol. The maximum Gasteiger partial charge on any atom is 0.266 e. The van der Waals surface area contributed by atoms with Crippen LogP contribution in [-0.4, -0.2) is 5.91 Å². The molecule has 1 amide bonds. The van der Waals surface area contributed by atoms with Crippen molar-refractivity contribution in [3.8, 4) is 17.6 Å². The van der Waals surface area contributed by atoms with Gasteiger partial charge >= 0.3 is 0 Å². The van der Waals surface area contributed by atoms with E-state index in [0.717, 1.165) is 21.9 Å². The van der Waals surface area contributed by atoms with E-state index in [9.17, 15) is 10.1 Å². The molecule has 0 saturated heterocycles. The number of fused-ring (bicyclic) bond motifs is 1. The number of ether oxygens (including phenoxy) is 2. The molecule has 41 heavy (non-hydrogen) atoms. The van der Waals surface area contributed by atoms with Gasteiger partial charge in [-0.2, -0.15) is 5.26 Å². The number of carbonyl (C=O) groups is 1. The number of rotatable bonds is 9. The van der Waals surface area contributed by atoms with Crippen molar-refractivity contribution in [2.75, 3.05) is 5.32 Å². The van der Waals surface area contributed by atoms with Crippen LogP contribution in [0.1, 0.15) is 22.3 Å². The minimum absolute atomic E-state index is 0.0815. The van der Waals surface area contributed by atoms with E-state index in [1.807, 2.05) is 61.5 Å². The van der Waals surface area contributed by atoms with Crippen molar-refractivity contribution in [3.05, 3.63) is 142 Å². The highest BCUT2D eigenvalue weighted by atomic mass is 35.5. The first-order valence-electron chi connectivity index (χ1n) is 13.1. The fourth-order valence-corrected chi connectivity index (χ4v) is 4.51. The molecular formula is C35H27ClN2O3. The first-order chi connectivity index (χ1) is 20.0. The summed E-state index contributed by atoms with van der Waals surface area (Å²) in [5.41, 5.74) is 4.28. The van der Waals surface area contributed by atoms with E-state index in [1.54, 1.807) is 42.5 Å². The Kier molecular flexibility index (Phi) is 8.64. The third-order valence-electron chi connectivity index (χ3n) is 6.54. The van der Waals surface area contributed by atoms with Crippen molar-refractivity contribution in [1.82, 2.24) is 0 Å². The number of nitriles is 1. The van der Waals surface area contributed by atoms with Crippen LogP contribution in [0.25, 0.3) is 16.8 Å². The monoisotopic (exact) mass is 558 g/mol. The number of nitrogens with zero attached hydrogens (tertiary/aromatic N) is 1. The maximum absolute atomic E-state index is 13.0. The summed E-state index contributed by atoms with van der Waals surface area (Å²) in [6.45, 7) is 2.80. The molecule has 5 rings (SSSR count). The molecule has 0 unspecified atom stereocenters. The zero-order valence-corrected chi connectivity index (χ0v) is 23.2. The molecule has 0 heterocycles. The topological polar surface area (TPSA) is 71.3 Å². The Morgan fingerprint density at radius 3 is 2.41 bits per heavy atom. The Morgan fingerprint density at radius 1 is 0.878 bits per heavy atom. The van der Waals surface area contributed by atoms with Gasteiger partial charge in [0.25, 0.3) is 5.91 Å². The third kappa shape index (κ3) is 7.13. The quantitative estimate of drug-likeness (QED) is 0.145. The van der Waals surface area contributed by atoms with E-state index >= 15 is 0 Å². The summed E-state index contributed by atoms with van der Waals surface area (Å²) in [5.74, 6) is 0.644. The van der Waals surface area contributed by atoms with Crippen LogP contribution >= 0.6 is 11.6 Å². The minimum atomic E-state index is -0.541. The lowest BCUT2D eigenvalue weighted by Gasteiger charge is -2.12. The number of benzene rings is 5. The summed E-state index contributed by atoms with van der Waals surface area (Å²) < 4.78 is 12.0. The van der Waals surface area contributed by atoms with Gasteiger partial charge in [0.2, 0.25) is 0 Å². The SMILES string of the molecule is Cc1ccc(COc2ccc(NC(=O)/C(C#N)=C/c3cc(Cl)ccc3OCc3cccc4ccccc34)cc2)cc1. The molecule has 0 aliphatic heterocycles. The van der Waals surface area contributed by atoms with Gasteiger partial charge in [-0.15, -0.1) is 0 Å². The summed E-state index contributed by atoms with van der Waals surface area (Å²) >= 11 is 6.25. The Bertz CT molecular complexity index is 1750. The second-order valence-electron chi connectivity index (χ2n) is 9.53. The zero-order chi connectivity index (χ0) is 28.6. The molecule has 0 bridgehead atoms. The van der Waals surface area contributed by atoms with Gasteiger partial charge < -0.3 is 14.8 Å². The molecule has 0 aliphatic rings. The number of halogens is 1. The van der Waals surface area contributed by atoms with Crippen molar-refractivity contribution < 1.29 is 14.3 Å². The molecule has 1 N–H and O–H groups in total. The van der Waals surface area contributed by atoms with Crippen LogP contribution in [0.4, 0.5) is 5.69 Å². The zero-order valence-electron chi connectivity index (χ0n) is 22.4. The number of carbonyl (C=O) groups excluding carboxylic acids is 1. The number of hydrogen-bond donors (Lipinski definition) is 1. The molecule has 5 nitrogen and oxygen atoms in total. The standard InChI is InChI=1S/C35H27ClN2O3/c1-24-9-11-25(12-10-24)22-40-32-16-14-31(15-17-32)38-35(39)29(21-37)19-28-20-30(36)13-18-34(28)41-23-27-7-4-6-26-5-2-3-8-33(26)27/h2-20H,22-23H2,1H3,(H,38,39)/b29-19+. The number of amides is 1. The van der Waals surface area contributed by atoms with Crippen LogP contribution in [0, 0.1) is 18.3 Å². The molecule has 0 aliphatic carbocycles. The van der Waals surface area contributed by atoms with Gasteiger partial charge in [0.15, 0.2) is 0 Å². The molecule has 0 fully saturated rings. The predicted molar refractivity (Wildman–Crippen MR) is 164 cm³/mol. The molecule has 5 aromatic carbocycles. The van der Waals surface area contributed by atoms with Crippen molar-refractivity contribution >= 4 is 40.0 Å². The smallest absolute Gasteiger partial charge is 0.266 e. The lowest BCUT2D eigenvalue weighted by molar-refractivity contribution is -0.112. The van der Waals surface area contributed by atoms with Crippen LogP contribution in [0.5, 0.6) is 11.5 Å². The van der Waals surface area contributed by atoms with Gasteiger partial charge in [-0.05, 0) is 77.4 Å². The van der Waals surface area contributed by atoms with E-state index in [1.165, 1.54) is 11.6 Å². The molecule has 6 heteroatoms. The molecule has 0 radical (unpaired) electrons. The van der Waals surface area contributed by atoms with Gasteiger partial charge in [0, 0.05) is 16.3 Å². The molecule has 0 spiro atoms. The van der Waals surface area contributed by atoms with Gasteiger partial charge in [-0.25, -0.2) is 0 Å². The number of nitrogens with one attached hydrogen (secondary N) is 1. The fraction of sp³-hybridized carbons (Fsp3) is 0.0857. The molecule has 0 atom stereocenters. The summed E-state index contributed by atoms with van der Waals surface area (Å²) in [7, 11) is 0. The first kappa shape index (κ1) is 27.5. The van der Waals surface area contributed by atoms with Gasteiger partial charge in [-0.1, -0.05) is 83.9 Å². The van der Waals surface area contributed by atoms with E-state index in [0.29, 0.717) is 41.0 Å². The largest absolute Gasteiger partial charge is 0.489 e. The lowest BCUT2D eigenvalue weighted by Crippen LogP contribution is -2.13. The summed E-state index contributed by atoms with van der Waals surface area (Å²) in [5, 5.41) is 15.3. The van der Waals surface area contributed by atoms with Gasteiger partial charge in [-0.3, -0.25) is 4.79 Å². The summed E-state index contributed by atoms with van der Waals surface area (Å²) in [6, 6.07) is 36.4. The minimum Gasteiger partial charge on any atom is -0.489 e. The van der Waals surface area contributed by atoms with Crippen LogP contribution in [-0.2, 0) is 18.0 Å². The van der Waals surface area contributed by atoms with Crippen molar-refractivity contribution in [3.63, 3.8) is 0 Å². The van der Waals surface area contributed by atoms with Crippen LogP contribution < -0.4 is 14.8 Å². The van der Waals surface area contributed by atoms with Crippen LogP contribution in [0.3, 0.4) is 0 Å². The highest BCUT2D eigenvalue weighted by Crippen LogP contribution is 2.28. The van der Waals surface area contributed by atoms with E-state index in [-0.39, 0.29) is 5.57 Å². The van der Waals surface area contributed by atoms with Gasteiger partial charge in [0.1, 0.15) is 36.4 Å². The van der Waals surface area contributed by atoms with E-state index in [2.05, 4.69) is 23.5 Å². The second kappa shape index (κ2) is 12.9. The number of hydrogen-bond acceptors (Lipinski definition) is 4. The van der Waals surface area contributed by atoms with Crippen molar-refractivity contribution in [2.24, 2.45) is 0 Å². The summed E-state index contributed by atoms with van der Waals surface area (Å²) in [6.07, 6.45) is 1.48. The Morgan fingerprint density at radius 2 is 1.63 bits per heavy atom. The Hall–Kier alpha value is -5.05. The van der Waals surface area contributed by atoms with Gasteiger partial charge in [0.05, 0.1) is 0 Å². The lowest BCUT2D eigenvalue weighted by atomic mass is 10.1. The van der Waals surface area contributed by atoms with E-state index < -0.39 is 5.91 Å². The van der Waals surface area contributed by atoms with E-state index in [4.69, 9.17) is 21.1 Å². The molecule has 202 valence electrons. The Balaban J connectivity index is 1.27. The maximum atomic E-state index is 13.0. The highest BCUT2D eigenvalue weighted by Gasteiger charge is 2.13. The Labute approximate surface area is 244 Å². The highest BCUT2D eigenvalue weighted by molar-refractivity contribution is 6.30. The average molecular weight is 559 g/mol. The predicted octanol–water partition coefficient (Wildman–Crippen LogP) is 8.51. The fourth-order valence-electron chi connectivity index (χ4n) is 4.33. The second-order valence-corrected chi connectivity index (χ2v) is 9.97. The van der Waals surface area contributed by atoms with Crippen LogP contribution in [0.15, 0.2) is 115 Å². The van der Waals surface area contributed by atoms with Crippen LogP contribution in [0.2, 0.25) is 5.02 Å². The summed E-state index contributed by atoms with van der Waals surface area (Å²) in [4.78, 5) is 13.0. The molecule has 0 saturated carbocycles. The number of anilines is 1. The first-order valence-corrected chi connectivity index (χ1v) is 13.5. The normalized spacial score (nSPS) is 11.1. The number of aryl methyl sites for hydroxylation is 1. The average Bonchev–Trinajstić information content (AvgIpc) is 2.99. The third-order valence-corrected chi connectivity index (χ3v) is 6.77.